The molecule has 0 saturated heterocycles. The van der Waals surface area contributed by atoms with Crippen molar-refractivity contribution in [2.75, 3.05) is 7.11 Å². The Balaban J connectivity index is 2.18. The Labute approximate surface area is 115 Å². The van der Waals surface area contributed by atoms with Crippen molar-refractivity contribution in [3.8, 4) is 0 Å². The first kappa shape index (κ1) is 14.4. The summed E-state index contributed by atoms with van der Waals surface area (Å²) in [5.41, 5.74) is 6.62. The lowest BCUT2D eigenvalue weighted by Gasteiger charge is -2.29. The second-order valence-corrected chi connectivity index (χ2v) is 5.71. The number of hydrogen-bond donors (Lipinski definition) is 1. The van der Waals surface area contributed by atoms with Gasteiger partial charge >= 0.3 is 0 Å². The molecule has 1 atom stereocenters. The number of methoxy groups -OCH3 is 1. The first-order valence-corrected chi connectivity index (χ1v) is 7.28. The summed E-state index contributed by atoms with van der Waals surface area (Å²) in [7, 11) is 1.78. The standard InChI is InChI=1S/C15H25N3O/c1-12(16)9-13-10-17-14(18-11-13)15(19-2)7-5-3-4-6-8-15/h10-12H,3-9,16H2,1-2H3. The van der Waals surface area contributed by atoms with Gasteiger partial charge in [0, 0.05) is 25.5 Å². The van der Waals surface area contributed by atoms with Crippen molar-refractivity contribution in [1.82, 2.24) is 9.97 Å². The average Bonchev–Trinajstić information content (AvgIpc) is 2.65. The van der Waals surface area contributed by atoms with Gasteiger partial charge in [0.25, 0.3) is 0 Å². The quantitative estimate of drug-likeness (QED) is 0.848. The molecule has 19 heavy (non-hydrogen) atoms. The fourth-order valence-corrected chi connectivity index (χ4v) is 2.89. The Bertz CT molecular complexity index is 381. The fourth-order valence-electron chi connectivity index (χ4n) is 2.89. The summed E-state index contributed by atoms with van der Waals surface area (Å²) in [4.78, 5) is 9.10. The average molecular weight is 263 g/mol. The van der Waals surface area contributed by atoms with Crippen LogP contribution in [0.1, 0.15) is 56.8 Å². The second kappa shape index (κ2) is 6.44. The Kier molecular flexibility index (Phi) is 4.88. The first-order chi connectivity index (χ1) is 9.16. The maximum Gasteiger partial charge on any atom is 0.160 e. The molecular formula is C15H25N3O. The summed E-state index contributed by atoms with van der Waals surface area (Å²) in [5.74, 6) is 0.838. The van der Waals surface area contributed by atoms with Crippen molar-refractivity contribution >= 4 is 0 Å². The minimum atomic E-state index is -0.274. The molecule has 1 fully saturated rings. The van der Waals surface area contributed by atoms with E-state index >= 15 is 0 Å². The van der Waals surface area contributed by atoms with Gasteiger partial charge in [-0.25, -0.2) is 9.97 Å². The zero-order valence-electron chi connectivity index (χ0n) is 12.1. The maximum atomic E-state index is 5.82. The van der Waals surface area contributed by atoms with E-state index in [1.54, 1.807) is 7.11 Å². The molecule has 1 heterocycles. The lowest BCUT2D eigenvalue weighted by molar-refractivity contribution is -0.0352. The van der Waals surface area contributed by atoms with Gasteiger partial charge < -0.3 is 10.5 Å². The summed E-state index contributed by atoms with van der Waals surface area (Å²) in [6, 6.07) is 0.142. The Morgan fingerprint density at radius 1 is 1.21 bits per heavy atom. The van der Waals surface area contributed by atoms with Gasteiger partial charge in [0.1, 0.15) is 5.60 Å². The third kappa shape index (κ3) is 3.51. The van der Waals surface area contributed by atoms with E-state index in [-0.39, 0.29) is 11.6 Å². The largest absolute Gasteiger partial charge is 0.370 e. The number of hydrogen-bond acceptors (Lipinski definition) is 4. The van der Waals surface area contributed by atoms with E-state index in [0.717, 1.165) is 30.7 Å². The second-order valence-electron chi connectivity index (χ2n) is 5.71. The highest BCUT2D eigenvalue weighted by atomic mass is 16.5. The molecule has 4 heteroatoms. The van der Waals surface area contributed by atoms with Crippen molar-refractivity contribution in [3.05, 3.63) is 23.8 Å². The van der Waals surface area contributed by atoms with E-state index < -0.39 is 0 Å². The SMILES string of the molecule is COC1(c2ncc(CC(C)N)cn2)CCCCCC1. The molecule has 0 amide bonds. The number of rotatable bonds is 4. The predicted octanol–water partition coefficient (Wildman–Crippen LogP) is 2.56. The first-order valence-electron chi connectivity index (χ1n) is 7.28. The monoisotopic (exact) mass is 263 g/mol. The number of ether oxygens (including phenoxy) is 1. The van der Waals surface area contributed by atoms with E-state index in [2.05, 4.69) is 9.97 Å². The molecule has 1 aromatic heterocycles. The summed E-state index contributed by atoms with van der Waals surface area (Å²) in [6.07, 6.45) is 11.6. The van der Waals surface area contributed by atoms with Gasteiger partial charge in [-0.1, -0.05) is 25.7 Å². The molecule has 0 bridgehead atoms. The number of nitrogens with two attached hydrogens (primary N) is 1. The molecule has 1 saturated carbocycles. The predicted molar refractivity (Wildman–Crippen MR) is 75.8 cm³/mol. The van der Waals surface area contributed by atoms with Gasteiger partial charge in [0.15, 0.2) is 5.82 Å². The zero-order valence-corrected chi connectivity index (χ0v) is 12.1. The lowest BCUT2D eigenvalue weighted by atomic mass is 9.93. The molecular weight excluding hydrogens is 238 g/mol. The van der Waals surface area contributed by atoms with Gasteiger partial charge in [-0.05, 0) is 31.7 Å². The molecule has 1 aromatic rings. The molecule has 106 valence electrons. The van der Waals surface area contributed by atoms with Crippen LogP contribution in [-0.2, 0) is 16.8 Å². The van der Waals surface area contributed by atoms with Gasteiger partial charge in [-0.15, -0.1) is 0 Å². The van der Waals surface area contributed by atoms with Crippen molar-refractivity contribution in [1.29, 1.82) is 0 Å². The van der Waals surface area contributed by atoms with Crippen LogP contribution >= 0.6 is 0 Å². The Morgan fingerprint density at radius 3 is 2.26 bits per heavy atom. The van der Waals surface area contributed by atoms with Crippen LogP contribution in [0, 0.1) is 0 Å². The molecule has 0 aliphatic heterocycles. The minimum absolute atomic E-state index is 0.142. The molecule has 0 spiro atoms. The molecule has 4 nitrogen and oxygen atoms in total. The van der Waals surface area contributed by atoms with Crippen LogP contribution in [0.3, 0.4) is 0 Å². The Morgan fingerprint density at radius 2 is 1.79 bits per heavy atom. The lowest BCUT2D eigenvalue weighted by Crippen LogP contribution is -2.30. The van der Waals surface area contributed by atoms with Gasteiger partial charge in [-0.2, -0.15) is 0 Å². The molecule has 0 radical (unpaired) electrons. The third-order valence-electron chi connectivity index (χ3n) is 3.97. The van der Waals surface area contributed by atoms with Crippen LogP contribution < -0.4 is 5.73 Å². The van der Waals surface area contributed by atoms with Crippen LogP contribution in [0.25, 0.3) is 0 Å². The smallest absolute Gasteiger partial charge is 0.160 e. The van der Waals surface area contributed by atoms with Crippen LogP contribution in [-0.4, -0.2) is 23.1 Å². The molecule has 2 rings (SSSR count). The summed E-state index contributed by atoms with van der Waals surface area (Å²) < 4.78 is 5.82. The number of nitrogens with zero attached hydrogens (tertiary/aromatic N) is 2. The molecule has 0 aromatic carbocycles. The van der Waals surface area contributed by atoms with Crippen molar-refractivity contribution in [2.45, 2.75) is 63.5 Å². The number of aromatic nitrogens is 2. The summed E-state index contributed by atoms with van der Waals surface area (Å²) in [5, 5.41) is 0. The van der Waals surface area contributed by atoms with Crippen LogP contribution in [0.5, 0.6) is 0 Å². The molecule has 1 aliphatic rings. The summed E-state index contributed by atoms with van der Waals surface area (Å²) >= 11 is 0. The van der Waals surface area contributed by atoms with E-state index in [0.29, 0.717) is 0 Å². The van der Waals surface area contributed by atoms with Gasteiger partial charge in [0.2, 0.25) is 0 Å². The summed E-state index contributed by atoms with van der Waals surface area (Å²) in [6.45, 7) is 2.00. The topological polar surface area (TPSA) is 61.0 Å². The normalized spacial score (nSPS) is 20.8. The van der Waals surface area contributed by atoms with E-state index in [9.17, 15) is 0 Å². The van der Waals surface area contributed by atoms with Crippen molar-refractivity contribution in [2.24, 2.45) is 5.73 Å². The van der Waals surface area contributed by atoms with Gasteiger partial charge in [-0.3, -0.25) is 0 Å². The molecule has 2 N–H and O–H groups in total. The van der Waals surface area contributed by atoms with Crippen molar-refractivity contribution < 1.29 is 4.74 Å². The maximum absolute atomic E-state index is 5.82. The van der Waals surface area contributed by atoms with Crippen LogP contribution in [0.4, 0.5) is 0 Å². The fraction of sp³-hybridized carbons (Fsp3) is 0.733. The molecule has 1 aliphatic carbocycles. The highest BCUT2D eigenvalue weighted by Crippen LogP contribution is 2.36. The third-order valence-corrected chi connectivity index (χ3v) is 3.97. The highest BCUT2D eigenvalue weighted by Gasteiger charge is 2.35. The van der Waals surface area contributed by atoms with Crippen LogP contribution in [0.2, 0.25) is 0 Å². The zero-order chi connectivity index (χ0) is 13.7. The highest BCUT2D eigenvalue weighted by molar-refractivity contribution is 5.11. The van der Waals surface area contributed by atoms with Crippen LogP contribution in [0.15, 0.2) is 12.4 Å². The van der Waals surface area contributed by atoms with E-state index in [1.165, 1.54) is 25.7 Å². The van der Waals surface area contributed by atoms with Gasteiger partial charge in [0.05, 0.1) is 0 Å². The van der Waals surface area contributed by atoms with E-state index in [4.69, 9.17) is 10.5 Å². The van der Waals surface area contributed by atoms with Crippen molar-refractivity contribution in [3.63, 3.8) is 0 Å². The van der Waals surface area contributed by atoms with E-state index in [1.807, 2.05) is 19.3 Å². The molecule has 1 unspecified atom stereocenters. The Hall–Kier alpha value is -1.00. The minimum Gasteiger partial charge on any atom is -0.370 e.